The Morgan fingerprint density at radius 3 is 2.48 bits per heavy atom. The molecule has 1 aromatic rings. The number of hydrogen-bond acceptors (Lipinski definition) is 3. The molecule has 138 valence electrons. The number of benzene rings is 1. The number of amides is 2. The number of piperazine rings is 1. The summed E-state index contributed by atoms with van der Waals surface area (Å²) in [6, 6.07) is 5.94. The van der Waals surface area contributed by atoms with Gasteiger partial charge in [-0.15, -0.1) is 0 Å². The van der Waals surface area contributed by atoms with Gasteiger partial charge in [0.25, 0.3) is 0 Å². The fourth-order valence-electron chi connectivity index (χ4n) is 3.12. The topological polar surface area (TPSA) is 52.7 Å². The Kier molecular flexibility index (Phi) is 7.44. The number of aryl methyl sites for hydroxylation is 1. The molecular formula is C20H31N3O2. The molecule has 1 aliphatic heterocycles. The van der Waals surface area contributed by atoms with Crippen molar-refractivity contribution in [3.8, 4) is 0 Å². The highest BCUT2D eigenvalue weighted by molar-refractivity contribution is 5.93. The normalized spacial score (nSPS) is 15.2. The van der Waals surface area contributed by atoms with Gasteiger partial charge in [0.1, 0.15) is 0 Å². The third kappa shape index (κ3) is 5.85. The quantitative estimate of drug-likeness (QED) is 0.773. The first kappa shape index (κ1) is 19.4. The summed E-state index contributed by atoms with van der Waals surface area (Å²) in [5.41, 5.74) is 3.17. The maximum Gasteiger partial charge on any atom is 0.238 e. The monoisotopic (exact) mass is 345 g/mol. The average molecular weight is 345 g/mol. The van der Waals surface area contributed by atoms with Crippen molar-refractivity contribution in [2.24, 2.45) is 0 Å². The predicted octanol–water partition coefficient (Wildman–Crippen LogP) is 2.97. The molecule has 0 spiro atoms. The zero-order chi connectivity index (χ0) is 18.2. The Hall–Kier alpha value is -1.88. The van der Waals surface area contributed by atoms with Crippen molar-refractivity contribution in [2.45, 2.75) is 46.5 Å². The van der Waals surface area contributed by atoms with Gasteiger partial charge in [0.15, 0.2) is 0 Å². The maximum atomic E-state index is 12.3. The van der Waals surface area contributed by atoms with Crippen LogP contribution in [0.5, 0.6) is 0 Å². The smallest absolute Gasteiger partial charge is 0.238 e. The van der Waals surface area contributed by atoms with E-state index >= 15 is 0 Å². The van der Waals surface area contributed by atoms with Crippen LogP contribution in [0.3, 0.4) is 0 Å². The summed E-state index contributed by atoms with van der Waals surface area (Å²) in [6.07, 6.45) is 3.88. The van der Waals surface area contributed by atoms with Crippen molar-refractivity contribution >= 4 is 17.5 Å². The lowest BCUT2D eigenvalue weighted by atomic mass is 10.1. The van der Waals surface area contributed by atoms with Crippen LogP contribution in [0, 0.1) is 13.8 Å². The molecule has 25 heavy (non-hydrogen) atoms. The summed E-state index contributed by atoms with van der Waals surface area (Å²) in [7, 11) is 0. The molecule has 0 radical (unpaired) electrons. The first-order valence-corrected chi connectivity index (χ1v) is 9.37. The summed E-state index contributed by atoms with van der Waals surface area (Å²) >= 11 is 0. The van der Waals surface area contributed by atoms with E-state index in [0.717, 1.165) is 56.7 Å². The SMILES string of the molecule is CCCCCC(=O)N1CCN(CC(=O)Nc2cccc(C)c2C)CC1. The van der Waals surface area contributed by atoms with Crippen LogP contribution >= 0.6 is 0 Å². The molecule has 1 aliphatic rings. The molecule has 1 fully saturated rings. The van der Waals surface area contributed by atoms with Gasteiger partial charge < -0.3 is 10.2 Å². The Bertz CT molecular complexity index is 593. The number of carbonyl (C=O) groups excluding carboxylic acids is 2. The summed E-state index contributed by atoms with van der Waals surface area (Å²) in [5.74, 6) is 0.268. The summed E-state index contributed by atoms with van der Waals surface area (Å²) in [5, 5.41) is 3.01. The minimum absolute atomic E-state index is 0.0106. The largest absolute Gasteiger partial charge is 0.340 e. The Morgan fingerprint density at radius 2 is 1.80 bits per heavy atom. The number of unbranched alkanes of at least 4 members (excludes halogenated alkanes) is 2. The van der Waals surface area contributed by atoms with E-state index in [-0.39, 0.29) is 11.8 Å². The molecule has 0 atom stereocenters. The molecule has 1 N–H and O–H groups in total. The van der Waals surface area contributed by atoms with Crippen LogP contribution in [0.2, 0.25) is 0 Å². The van der Waals surface area contributed by atoms with E-state index in [2.05, 4.69) is 17.1 Å². The highest BCUT2D eigenvalue weighted by Gasteiger charge is 2.22. The number of anilines is 1. The van der Waals surface area contributed by atoms with Crippen LogP contribution in [0.1, 0.15) is 43.7 Å². The van der Waals surface area contributed by atoms with Crippen molar-refractivity contribution in [2.75, 3.05) is 38.0 Å². The van der Waals surface area contributed by atoms with Crippen LogP contribution < -0.4 is 5.32 Å². The summed E-state index contributed by atoms with van der Waals surface area (Å²) < 4.78 is 0. The molecule has 0 saturated carbocycles. The van der Waals surface area contributed by atoms with Gasteiger partial charge in [0, 0.05) is 38.3 Å². The molecule has 2 rings (SSSR count). The third-order valence-corrected chi connectivity index (χ3v) is 4.97. The number of carbonyl (C=O) groups is 2. The molecule has 1 heterocycles. The predicted molar refractivity (Wildman–Crippen MR) is 102 cm³/mol. The van der Waals surface area contributed by atoms with E-state index in [9.17, 15) is 9.59 Å². The zero-order valence-electron chi connectivity index (χ0n) is 15.8. The van der Waals surface area contributed by atoms with Gasteiger partial charge in [0.2, 0.25) is 11.8 Å². The average Bonchev–Trinajstić information content (AvgIpc) is 2.59. The Morgan fingerprint density at radius 1 is 1.08 bits per heavy atom. The Labute approximate surface area is 151 Å². The standard InChI is InChI=1S/C20H31N3O2/c1-4-5-6-10-20(25)23-13-11-22(12-14-23)15-19(24)21-18-9-7-8-16(2)17(18)3/h7-9H,4-6,10-15H2,1-3H3,(H,21,24). The van der Waals surface area contributed by atoms with Gasteiger partial charge in [-0.25, -0.2) is 0 Å². The van der Waals surface area contributed by atoms with E-state index < -0.39 is 0 Å². The van der Waals surface area contributed by atoms with Crippen molar-refractivity contribution in [1.29, 1.82) is 0 Å². The Balaban J connectivity index is 1.75. The molecule has 0 aliphatic carbocycles. The van der Waals surface area contributed by atoms with Gasteiger partial charge in [-0.3, -0.25) is 14.5 Å². The van der Waals surface area contributed by atoms with E-state index in [0.29, 0.717) is 13.0 Å². The number of nitrogens with zero attached hydrogens (tertiary/aromatic N) is 2. The number of rotatable bonds is 7. The minimum Gasteiger partial charge on any atom is -0.340 e. The molecule has 1 saturated heterocycles. The second kappa shape index (κ2) is 9.56. The van der Waals surface area contributed by atoms with Gasteiger partial charge >= 0.3 is 0 Å². The van der Waals surface area contributed by atoms with Crippen molar-refractivity contribution in [3.05, 3.63) is 29.3 Å². The maximum absolute atomic E-state index is 12.3. The van der Waals surface area contributed by atoms with Crippen LogP contribution in [-0.4, -0.2) is 54.3 Å². The van der Waals surface area contributed by atoms with Crippen LogP contribution in [0.15, 0.2) is 18.2 Å². The van der Waals surface area contributed by atoms with Gasteiger partial charge in [-0.05, 0) is 37.5 Å². The van der Waals surface area contributed by atoms with E-state index in [1.807, 2.05) is 36.9 Å². The van der Waals surface area contributed by atoms with Crippen LogP contribution in [-0.2, 0) is 9.59 Å². The minimum atomic E-state index is 0.0106. The zero-order valence-corrected chi connectivity index (χ0v) is 15.8. The fraction of sp³-hybridized carbons (Fsp3) is 0.600. The van der Waals surface area contributed by atoms with Crippen molar-refractivity contribution < 1.29 is 9.59 Å². The van der Waals surface area contributed by atoms with E-state index in [4.69, 9.17) is 0 Å². The highest BCUT2D eigenvalue weighted by atomic mass is 16.2. The summed E-state index contributed by atoms with van der Waals surface area (Å²) in [4.78, 5) is 28.5. The molecule has 0 bridgehead atoms. The van der Waals surface area contributed by atoms with Crippen molar-refractivity contribution in [1.82, 2.24) is 9.80 Å². The first-order chi connectivity index (χ1) is 12.0. The van der Waals surface area contributed by atoms with Crippen molar-refractivity contribution in [3.63, 3.8) is 0 Å². The van der Waals surface area contributed by atoms with Gasteiger partial charge in [0.05, 0.1) is 6.54 Å². The van der Waals surface area contributed by atoms with Crippen LogP contribution in [0.25, 0.3) is 0 Å². The lowest BCUT2D eigenvalue weighted by Crippen LogP contribution is -2.50. The lowest BCUT2D eigenvalue weighted by Gasteiger charge is -2.34. The van der Waals surface area contributed by atoms with Gasteiger partial charge in [-0.1, -0.05) is 31.9 Å². The third-order valence-electron chi connectivity index (χ3n) is 4.97. The number of nitrogens with one attached hydrogen (secondary N) is 1. The molecule has 0 aromatic heterocycles. The first-order valence-electron chi connectivity index (χ1n) is 9.37. The van der Waals surface area contributed by atoms with Gasteiger partial charge in [-0.2, -0.15) is 0 Å². The fourth-order valence-corrected chi connectivity index (χ4v) is 3.12. The van der Waals surface area contributed by atoms with E-state index in [1.165, 1.54) is 5.56 Å². The molecule has 1 aromatic carbocycles. The molecule has 0 unspecified atom stereocenters. The second-order valence-electron chi connectivity index (χ2n) is 6.91. The molecular weight excluding hydrogens is 314 g/mol. The second-order valence-corrected chi connectivity index (χ2v) is 6.91. The molecule has 2 amide bonds. The lowest BCUT2D eigenvalue weighted by molar-refractivity contribution is -0.133. The summed E-state index contributed by atoms with van der Waals surface area (Å²) in [6.45, 7) is 9.57. The van der Waals surface area contributed by atoms with E-state index in [1.54, 1.807) is 0 Å². The molecule has 5 nitrogen and oxygen atoms in total. The number of hydrogen-bond donors (Lipinski definition) is 1. The molecule has 5 heteroatoms. The van der Waals surface area contributed by atoms with Crippen LogP contribution in [0.4, 0.5) is 5.69 Å². The highest BCUT2D eigenvalue weighted by Crippen LogP contribution is 2.18.